The molecule has 28 heavy (non-hydrogen) atoms. The Morgan fingerprint density at radius 2 is 2.04 bits per heavy atom. The van der Waals surface area contributed by atoms with Crippen LogP contribution in [0.25, 0.3) is 4.91 Å². The summed E-state index contributed by atoms with van der Waals surface area (Å²) in [5, 5.41) is 0.893. The molecule has 1 heterocycles. The molecule has 1 aromatic rings. The largest absolute Gasteiger partial charge is 0.339 e. The summed E-state index contributed by atoms with van der Waals surface area (Å²) < 4.78 is 18.9. The van der Waals surface area contributed by atoms with E-state index >= 15 is 0 Å². The van der Waals surface area contributed by atoms with E-state index < -0.39 is 0 Å². The number of allylic oxidation sites excluding steroid dienone is 3. The fourth-order valence-corrected chi connectivity index (χ4v) is 5.12. The van der Waals surface area contributed by atoms with Gasteiger partial charge in [0.1, 0.15) is 10.9 Å². The van der Waals surface area contributed by atoms with E-state index in [4.69, 9.17) is 17.4 Å². The quantitative estimate of drug-likeness (QED) is 0.361. The highest BCUT2D eigenvalue weighted by Crippen LogP contribution is 2.32. The van der Waals surface area contributed by atoms with Crippen LogP contribution in [-0.4, -0.2) is 28.1 Å². The molecule has 0 N–H and O–H groups in total. The minimum atomic E-state index is -0.242. The highest BCUT2D eigenvalue weighted by Gasteiger charge is 2.28. The van der Waals surface area contributed by atoms with Gasteiger partial charge in [0.25, 0.3) is 0 Å². The van der Waals surface area contributed by atoms with E-state index in [-0.39, 0.29) is 5.82 Å². The first-order valence-electron chi connectivity index (χ1n) is 9.68. The van der Waals surface area contributed by atoms with Crippen LogP contribution in [0.1, 0.15) is 45.6 Å². The van der Waals surface area contributed by atoms with Crippen molar-refractivity contribution in [2.24, 2.45) is 5.92 Å². The minimum Gasteiger partial charge on any atom is -0.339 e. The summed E-state index contributed by atoms with van der Waals surface area (Å²) in [7, 11) is 3.45. The normalized spacial score (nSPS) is 20.9. The van der Waals surface area contributed by atoms with Gasteiger partial charge in [-0.1, -0.05) is 34.7 Å². The number of nitrogens with zero attached hydrogens (tertiary/aromatic N) is 1. The van der Waals surface area contributed by atoms with E-state index in [1.165, 1.54) is 22.7 Å². The zero-order chi connectivity index (χ0) is 20.3. The lowest BCUT2D eigenvalue weighted by atomic mass is 9.89. The van der Waals surface area contributed by atoms with Crippen molar-refractivity contribution in [1.82, 2.24) is 4.90 Å². The van der Waals surface area contributed by atoms with E-state index in [0.29, 0.717) is 12.0 Å². The molecular weight excluding hydrogens is 389 g/mol. The number of halogens is 1. The molecule has 0 radical (unpaired) electrons. The molecule has 1 unspecified atom stereocenters. The Kier molecular flexibility index (Phi) is 7.02. The second-order valence-electron chi connectivity index (χ2n) is 7.55. The lowest BCUT2D eigenvalue weighted by molar-refractivity contribution is 0.398. The predicted molar refractivity (Wildman–Crippen MR) is 124 cm³/mol. The van der Waals surface area contributed by atoms with Crippen molar-refractivity contribution in [3.8, 4) is 0 Å². The molecule has 0 spiro atoms. The fourth-order valence-electron chi connectivity index (χ4n) is 3.58. The minimum absolute atomic E-state index is 0.242. The second kappa shape index (κ2) is 9.29. The van der Waals surface area contributed by atoms with Crippen LogP contribution in [-0.2, 0) is 4.74 Å². The molecule has 1 atom stereocenters. The average molecular weight is 418 g/mol. The standard InChI is InChI=1S/C23H28FNOS2/c1-15(2)25-20(13-21(27)17-9-11-19(24)12-10-17)14-22(26-4)28-23(25)18-7-5-16(3)6-8-18/h5,9-15,18,27H,6-8H2,1-4H3/b21-13-. The van der Waals surface area contributed by atoms with Crippen molar-refractivity contribution in [3.05, 3.63) is 65.1 Å². The third-order valence-corrected chi connectivity index (χ3v) is 6.73. The van der Waals surface area contributed by atoms with Crippen LogP contribution in [0, 0.1) is 11.7 Å². The van der Waals surface area contributed by atoms with Crippen LogP contribution in [0.5, 0.6) is 0 Å². The summed E-state index contributed by atoms with van der Waals surface area (Å²) in [6.45, 7) is 6.63. The second-order valence-corrected chi connectivity index (χ2v) is 9.06. The Labute approximate surface area is 176 Å². The van der Waals surface area contributed by atoms with Gasteiger partial charge in [-0.2, -0.15) is 0 Å². The molecule has 2 nitrogen and oxygen atoms in total. The van der Waals surface area contributed by atoms with Gasteiger partial charge in [-0.15, -0.1) is 12.6 Å². The highest BCUT2D eigenvalue weighted by atomic mass is 32.1. The first-order valence-corrected chi connectivity index (χ1v) is 10.9. The summed E-state index contributed by atoms with van der Waals surface area (Å²) in [5.41, 5.74) is 3.43. The molecule has 0 bridgehead atoms. The van der Waals surface area contributed by atoms with Gasteiger partial charge < -0.3 is 9.64 Å². The zero-order valence-corrected chi connectivity index (χ0v) is 18.6. The van der Waals surface area contributed by atoms with Gasteiger partial charge in [-0.3, -0.25) is 0 Å². The molecule has 0 saturated heterocycles. The summed E-state index contributed by atoms with van der Waals surface area (Å²) in [4.78, 5) is 4.54. The van der Waals surface area contributed by atoms with Gasteiger partial charge in [-0.25, -0.2) is 4.39 Å². The molecule has 1 aliphatic heterocycles. The van der Waals surface area contributed by atoms with Crippen molar-refractivity contribution in [1.29, 1.82) is 0 Å². The number of hydrogen-bond donors (Lipinski definition) is 1. The summed E-state index contributed by atoms with van der Waals surface area (Å²) in [5.74, 6) is 0.251. The summed E-state index contributed by atoms with van der Waals surface area (Å²) >= 11 is 4.70. The van der Waals surface area contributed by atoms with Crippen LogP contribution in [0.4, 0.5) is 4.39 Å². The molecule has 0 fully saturated rings. The fraction of sp³-hybridized carbons (Fsp3) is 0.391. The van der Waals surface area contributed by atoms with Crippen LogP contribution in [0.3, 0.4) is 0 Å². The summed E-state index contributed by atoms with van der Waals surface area (Å²) in [6, 6.07) is 6.75. The van der Waals surface area contributed by atoms with Crippen molar-refractivity contribution in [2.75, 3.05) is 7.11 Å². The Morgan fingerprint density at radius 3 is 2.61 bits per heavy atom. The number of benzene rings is 1. The van der Waals surface area contributed by atoms with Gasteiger partial charge in [-0.05, 0) is 63.8 Å². The molecule has 0 saturated carbocycles. The van der Waals surface area contributed by atoms with Crippen LogP contribution < -0.4 is 0 Å². The molecule has 1 aliphatic carbocycles. The lowest BCUT2D eigenvalue weighted by Crippen LogP contribution is -2.41. The molecular formula is C23H28FNOS2. The Bertz CT molecular complexity index is 890. The highest BCUT2D eigenvalue weighted by molar-refractivity contribution is 7.98. The Morgan fingerprint density at radius 1 is 1.32 bits per heavy atom. The number of hydrogen-bond acceptors (Lipinski definition) is 3. The van der Waals surface area contributed by atoms with E-state index in [1.54, 1.807) is 30.2 Å². The number of methoxy groups -OCH3 is 1. The van der Waals surface area contributed by atoms with Crippen LogP contribution in [0.15, 0.2) is 53.8 Å². The number of ether oxygens (including phenoxy) is 1. The maximum absolute atomic E-state index is 13.3. The maximum atomic E-state index is 13.3. The van der Waals surface area contributed by atoms with Crippen molar-refractivity contribution < 1.29 is 9.13 Å². The Hall–Kier alpha value is -1.56. The smallest absolute Gasteiger partial charge is 0.132 e. The first kappa shape index (κ1) is 21.2. The number of thiol groups is 1. The van der Waals surface area contributed by atoms with Crippen molar-refractivity contribution >= 4 is 38.5 Å². The SMILES string of the molecule is COC1=S=C(C2CC=C(C)CC2)N(C(C)C)C(/C=C(\S)c2ccc(F)cc2)=C1. The van der Waals surface area contributed by atoms with Gasteiger partial charge in [0.2, 0.25) is 0 Å². The molecule has 0 aromatic heterocycles. The van der Waals surface area contributed by atoms with Crippen molar-refractivity contribution in [3.63, 3.8) is 0 Å². The summed E-state index contributed by atoms with van der Waals surface area (Å²) in [6.07, 6.45) is 9.86. The number of rotatable bonds is 4. The molecule has 3 rings (SSSR count). The first-order chi connectivity index (χ1) is 13.4. The van der Waals surface area contributed by atoms with E-state index in [0.717, 1.165) is 40.5 Å². The van der Waals surface area contributed by atoms with E-state index in [2.05, 4.69) is 43.9 Å². The zero-order valence-electron chi connectivity index (χ0n) is 16.9. The third-order valence-electron chi connectivity index (χ3n) is 5.12. The molecule has 0 amide bonds. The third kappa shape index (κ3) is 4.88. The Balaban J connectivity index is 1.99. The van der Waals surface area contributed by atoms with E-state index in [9.17, 15) is 4.39 Å². The van der Waals surface area contributed by atoms with Gasteiger partial charge in [0.05, 0.1) is 4.99 Å². The molecule has 5 heteroatoms. The lowest BCUT2D eigenvalue weighted by Gasteiger charge is -2.37. The van der Waals surface area contributed by atoms with Gasteiger partial charge in [0, 0.05) is 35.7 Å². The van der Waals surface area contributed by atoms with Crippen molar-refractivity contribution in [2.45, 2.75) is 46.1 Å². The topological polar surface area (TPSA) is 12.5 Å². The average Bonchev–Trinajstić information content (AvgIpc) is 2.68. The molecule has 2 aliphatic rings. The predicted octanol–water partition coefficient (Wildman–Crippen LogP) is 6.09. The molecule has 1 aromatic carbocycles. The molecule has 150 valence electrons. The van der Waals surface area contributed by atoms with Crippen LogP contribution in [0.2, 0.25) is 0 Å². The maximum Gasteiger partial charge on any atom is 0.132 e. The van der Waals surface area contributed by atoms with E-state index in [1.807, 2.05) is 0 Å². The van der Waals surface area contributed by atoms with Crippen LogP contribution >= 0.6 is 23.6 Å². The van der Waals surface area contributed by atoms with Gasteiger partial charge in [0.15, 0.2) is 0 Å². The van der Waals surface area contributed by atoms with Gasteiger partial charge >= 0.3 is 0 Å². The monoisotopic (exact) mass is 417 g/mol.